The molecule has 0 fully saturated rings. The van der Waals surface area contributed by atoms with Crippen LogP contribution in [-0.2, 0) is 14.8 Å². The van der Waals surface area contributed by atoms with Crippen LogP contribution in [0.25, 0.3) is 0 Å². The van der Waals surface area contributed by atoms with Crippen molar-refractivity contribution < 1.29 is 13.2 Å². The van der Waals surface area contributed by atoms with Crippen molar-refractivity contribution in [2.24, 2.45) is 5.92 Å². The van der Waals surface area contributed by atoms with Crippen LogP contribution in [0.4, 0.5) is 5.69 Å². The lowest BCUT2D eigenvalue weighted by molar-refractivity contribution is -0.114. The number of rotatable bonds is 5. The van der Waals surface area contributed by atoms with Gasteiger partial charge in [0, 0.05) is 19.2 Å². The number of hydrogen-bond donors (Lipinski definition) is 2. The minimum Gasteiger partial charge on any atom is -0.326 e. The maximum Gasteiger partial charge on any atom is 0.240 e. The van der Waals surface area contributed by atoms with Crippen LogP contribution in [0, 0.1) is 12.8 Å². The molecule has 0 saturated carbocycles. The standard InChI is InChI=1S/C13H20N2O3S/c1-9(2)8-14-19(17,18)12-5-6-13(10(3)7-12)15-11(4)16/h5-7,9,14H,8H2,1-4H3,(H,15,16). The zero-order valence-corrected chi connectivity index (χ0v) is 12.5. The van der Waals surface area contributed by atoms with Crippen molar-refractivity contribution in [1.29, 1.82) is 0 Å². The van der Waals surface area contributed by atoms with Crippen LogP contribution in [-0.4, -0.2) is 20.9 Å². The van der Waals surface area contributed by atoms with Gasteiger partial charge >= 0.3 is 0 Å². The molecule has 0 heterocycles. The topological polar surface area (TPSA) is 75.3 Å². The molecule has 0 aromatic heterocycles. The first kappa shape index (κ1) is 15.7. The SMILES string of the molecule is CC(=O)Nc1ccc(S(=O)(=O)NCC(C)C)cc1C. The van der Waals surface area contributed by atoms with E-state index in [0.29, 0.717) is 17.8 Å². The quantitative estimate of drug-likeness (QED) is 0.867. The smallest absolute Gasteiger partial charge is 0.240 e. The highest BCUT2D eigenvalue weighted by molar-refractivity contribution is 7.89. The van der Waals surface area contributed by atoms with E-state index in [1.807, 2.05) is 13.8 Å². The van der Waals surface area contributed by atoms with Crippen molar-refractivity contribution in [1.82, 2.24) is 4.72 Å². The number of sulfonamides is 1. The highest BCUT2D eigenvalue weighted by Crippen LogP contribution is 2.19. The molecule has 1 aromatic carbocycles. The summed E-state index contributed by atoms with van der Waals surface area (Å²) < 4.78 is 26.6. The number of amides is 1. The summed E-state index contributed by atoms with van der Waals surface area (Å²) in [5.41, 5.74) is 1.33. The first-order valence-electron chi connectivity index (χ1n) is 6.10. The van der Waals surface area contributed by atoms with Crippen molar-refractivity contribution in [2.75, 3.05) is 11.9 Å². The van der Waals surface area contributed by atoms with Gasteiger partial charge in [0.25, 0.3) is 0 Å². The summed E-state index contributed by atoms with van der Waals surface area (Å²) in [5.74, 6) is 0.0613. The molecule has 19 heavy (non-hydrogen) atoms. The van der Waals surface area contributed by atoms with E-state index in [1.165, 1.54) is 13.0 Å². The van der Waals surface area contributed by atoms with Crippen molar-refractivity contribution in [2.45, 2.75) is 32.6 Å². The number of aryl methyl sites for hydroxylation is 1. The van der Waals surface area contributed by atoms with E-state index >= 15 is 0 Å². The molecule has 0 aliphatic heterocycles. The van der Waals surface area contributed by atoms with Crippen LogP contribution in [0.15, 0.2) is 23.1 Å². The summed E-state index contributed by atoms with van der Waals surface area (Å²) in [6.07, 6.45) is 0. The Balaban J connectivity index is 2.97. The van der Waals surface area contributed by atoms with Gasteiger partial charge in [0.2, 0.25) is 15.9 Å². The third kappa shape index (κ3) is 4.65. The summed E-state index contributed by atoms with van der Waals surface area (Å²) in [7, 11) is -3.49. The molecule has 0 aliphatic carbocycles. The molecule has 2 N–H and O–H groups in total. The fourth-order valence-electron chi connectivity index (χ4n) is 1.49. The lowest BCUT2D eigenvalue weighted by Crippen LogP contribution is -2.27. The molecule has 1 amide bonds. The van der Waals surface area contributed by atoms with E-state index in [1.54, 1.807) is 19.1 Å². The summed E-state index contributed by atoms with van der Waals surface area (Å²) in [6, 6.07) is 4.63. The third-order valence-corrected chi connectivity index (χ3v) is 3.92. The Labute approximate surface area is 114 Å². The van der Waals surface area contributed by atoms with E-state index in [9.17, 15) is 13.2 Å². The number of benzene rings is 1. The van der Waals surface area contributed by atoms with Crippen molar-refractivity contribution >= 4 is 21.6 Å². The molecule has 106 valence electrons. The number of carbonyl (C=O) groups is 1. The van der Waals surface area contributed by atoms with Crippen molar-refractivity contribution in [3.05, 3.63) is 23.8 Å². The van der Waals surface area contributed by atoms with Gasteiger partial charge in [-0.1, -0.05) is 13.8 Å². The van der Waals surface area contributed by atoms with Crippen LogP contribution in [0.3, 0.4) is 0 Å². The number of carbonyl (C=O) groups excluding carboxylic acids is 1. The summed E-state index contributed by atoms with van der Waals surface area (Å²) in [4.78, 5) is 11.2. The molecule has 0 bridgehead atoms. The van der Waals surface area contributed by atoms with Crippen LogP contribution in [0.1, 0.15) is 26.3 Å². The van der Waals surface area contributed by atoms with Crippen molar-refractivity contribution in [3.8, 4) is 0 Å². The lowest BCUT2D eigenvalue weighted by atomic mass is 10.2. The maximum absolute atomic E-state index is 12.0. The van der Waals surface area contributed by atoms with Gasteiger partial charge in [0.05, 0.1) is 4.90 Å². The second-order valence-corrected chi connectivity index (χ2v) is 6.67. The molecule has 1 rings (SSSR count). The van der Waals surface area contributed by atoms with E-state index in [0.717, 1.165) is 0 Å². The highest BCUT2D eigenvalue weighted by Gasteiger charge is 2.15. The maximum atomic E-state index is 12.0. The lowest BCUT2D eigenvalue weighted by Gasteiger charge is -2.11. The van der Waals surface area contributed by atoms with E-state index in [-0.39, 0.29) is 16.7 Å². The Morgan fingerprint density at radius 1 is 1.32 bits per heavy atom. The van der Waals surface area contributed by atoms with Gasteiger partial charge in [-0.05, 0) is 36.6 Å². The van der Waals surface area contributed by atoms with Crippen LogP contribution >= 0.6 is 0 Å². The van der Waals surface area contributed by atoms with Gasteiger partial charge in [-0.3, -0.25) is 4.79 Å². The number of hydrogen-bond acceptors (Lipinski definition) is 3. The van der Waals surface area contributed by atoms with Crippen LogP contribution < -0.4 is 10.0 Å². The third-order valence-electron chi connectivity index (χ3n) is 2.50. The van der Waals surface area contributed by atoms with E-state index < -0.39 is 10.0 Å². The zero-order valence-electron chi connectivity index (χ0n) is 11.6. The monoisotopic (exact) mass is 284 g/mol. The summed E-state index contributed by atoms with van der Waals surface area (Å²) >= 11 is 0. The average Bonchev–Trinajstić information content (AvgIpc) is 2.28. The minimum atomic E-state index is -3.49. The van der Waals surface area contributed by atoms with Gasteiger partial charge in [-0.25, -0.2) is 13.1 Å². The molecular formula is C13H20N2O3S. The minimum absolute atomic E-state index is 0.184. The summed E-state index contributed by atoms with van der Waals surface area (Å²) in [6.45, 7) is 7.44. The van der Waals surface area contributed by atoms with Gasteiger partial charge in [0.1, 0.15) is 0 Å². The molecule has 0 unspecified atom stereocenters. The largest absolute Gasteiger partial charge is 0.326 e. The Morgan fingerprint density at radius 2 is 1.95 bits per heavy atom. The average molecular weight is 284 g/mol. The fraction of sp³-hybridized carbons (Fsp3) is 0.462. The van der Waals surface area contributed by atoms with Gasteiger partial charge in [-0.2, -0.15) is 0 Å². The van der Waals surface area contributed by atoms with Crippen LogP contribution in [0.2, 0.25) is 0 Å². The molecule has 6 heteroatoms. The van der Waals surface area contributed by atoms with Crippen molar-refractivity contribution in [3.63, 3.8) is 0 Å². The Hall–Kier alpha value is -1.40. The molecular weight excluding hydrogens is 264 g/mol. The predicted octanol–water partition coefficient (Wildman–Crippen LogP) is 1.89. The zero-order chi connectivity index (χ0) is 14.6. The number of nitrogens with one attached hydrogen (secondary N) is 2. The molecule has 0 spiro atoms. The molecule has 1 aromatic rings. The first-order valence-corrected chi connectivity index (χ1v) is 7.58. The normalized spacial score (nSPS) is 11.6. The molecule has 0 atom stereocenters. The van der Waals surface area contributed by atoms with Gasteiger partial charge in [0.15, 0.2) is 0 Å². The summed E-state index contributed by atoms with van der Waals surface area (Å²) in [5, 5.41) is 2.65. The fourth-order valence-corrected chi connectivity index (χ4v) is 2.79. The molecule has 5 nitrogen and oxygen atoms in total. The Bertz CT molecular complexity index is 565. The highest BCUT2D eigenvalue weighted by atomic mass is 32.2. The Morgan fingerprint density at radius 3 is 2.42 bits per heavy atom. The van der Waals surface area contributed by atoms with Gasteiger partial charge < -0.3 is 5.32 Å². The van der Waals surface area contributed by atoms with E-state index in [2.05, 4.69) is 10.0 Å². The molecule has 0 aliphatic rings. The second-order valence-electron chi connectivity index (χ2n) is 4.90. The van der Waals surface area contributed by atoms with Gasteiger partial charge in [-0.15, -0.1) is 0 Å². The van der Waals surface area contributed by atoms with E-state index in [4.69, 9.17) is 0 Å². The second kappa shape index (κ2) is 6.16. The Kier molecular flexibility index (Phi) is 5.08. The number of anilines is 1. The molecule has 0 saturated heterocycles. The van der Waals surface area contributed by atoms with Crippen LogP contribution in [0.5, 0.6) is 0 Å². The molecule has 0 radical (unpaired) electrons. The first-order chi connectivity index (χ1) is 8.72. The predicted molar refractivity (Wildman–Crippen MR) is 75.5 cm³/mol.